The van der Waals surface area contributed by atoms with Crippen molar-refractivity contribution in [1.82, 2.24) is 19.8 Å². The van der Waals surface area contributed by atoms with Gasteiger partial charge in [-0.3, -0.25) is 0 Å². The Balaban J connectivity index is 1.76. The zero-order valence-corrected chi connectivity index (χ0v) is 19.6. The van der Waals surface area contributed by atoms with Gasteiger partial charge in [-0.1, -0.05) is 35.7 Å². The Bertz CT molecular complexity index is 1440. The summed E-state index contributed by atoms with van der Waals surface area (Å²) in [5.74, 6) is 0.732. The van der Waals surface area contributed by atoms with E-state index in [1.807, 2.05) is 26.0 Å². The molecular formula is C23H24ClN5O2S. The van der Waals surface area contributed by atoms with Crippen LogP contribution in [0, 0.1) is 13.8 Å². The number of anilines is 1. The van der Waals surface area contributed by atoms with Crippen LogP contribution in [-0.2, 0) is 9.84 Å². The van der Waals surface area contributed by atoms with Crippen LogP contribution < -0.4 is 4.90 Å². The van der Waals surface area contributed by atoms with E-state index in [1.54, 1.807) is 24.3 Å². The second-order valence-electron chi connectivity index (χ2n) is 8.38. The van der Waals surface area contributed by atoms with Gasteiger partial charge in [-0.25, -0.2) is 13.4 Å². The van der Waals surface area contributed by atoms with Gasteiger partial charge in [0.05, 0.1) is 10.4 Å². The van der Waals surface area contributed by atoms with Gasteiger partial charge in [0.15, 0.2) is 5.65 Å². The molecule has 0 aliphatic carbocycles. The number of hydrogen-bond acceptors (Lipinski definition) is 6. The van der Waals surface area contributed by atoms with E-state index in [4.69, 9.17) is 16.6 Å². The molecule has 0 N–H and O–H groups in total. The maximum Gasteiger partial charge on any atom is 0.229 e. The van der Waals surface area contributed by atoms with Gasteiger partial charge in [0.2, 0.25) is 14.9 Å². The number of aromatic nitrogens is 4. The number of aryl methyl sites for hydroxylation is 2. The summed E-state index contributed by atoms with van der Waals surface area (Å²) in [7, 11) is -3.89. The predicted octanol–water partition coefficient (Wildman–Crippen LogP) is 4.76. The van der Waals surface area contributed by atoms with Gasteiger partial charge in [0.25, 0.3) is 0 Å². The van der Waals surface area contributed by atoms with Crippen LogP contribution >= 0.6 is 11.6 Å². The van der Waals surface area contributed by atoms with Gasteiger partial charge in [0, 0.05) is 23.5 Å². The van der Waals surface area contributed by atoms with Crippen molar-refractivity contribution in [3.63, 3.8) is 0 Å². The second-order valence-corrected chi connectivity index (χ2v) is 10.7. The zero-order valence-electron chi connectivity index (χ0n) is 18.0. The molecular weight excluding hydrogens is 446 g/mol. The highest BCUT2D eigenvalue weighted by Crippen LogP contribution is 2.32. The standard InChI is InChI=1S/C23H24ClN5O2S/c1-15-7-9-18(13-16(15)2)32(30,31)23-22-25-21(28-11-5-3-4-6-12-28)19-14-17(24)8-10-20(19)29(22)27-26-23/h7-10,13-14H,3-6,11-12H2,1-2H3. The molecule has 166 valence electrons. The lowest BCUT2D eigenvalue weighted by Gasteiger charge is -2.23. The Kier molecular flexibility index (Phi) is 5.29. The van der Waals surface area contributed by atoms with Gasteiger partial charge in [-0.2, -0.15) is 4.52 Å². The first-order valence-electron chi connectivity index (χ1n) is 10.8. The van der Waals surface area contributed by atoms with Crippen LogP contribution in [0.1, 0.15) is 36.8 Å². The molecule has 1 saturated heterocycles. The summed E-state index contributed by atoms with van der Waals surface area (Å²) in [5, 5.41) is 9.56. The molecule has 0 unspecified atom stereocenters. The summed E-state index contributed by atoms with van der Waals surface area (Å²) < 4.78 is 28.5. The van der Waals surface area contributed by atoms with E-state index in [-0.39, 0.29) is 15.6 Å². The monoisotopic (exact) mass is 469 g/mol. The summed E-state index contributed by atoms with van der Waals surface area (Å²) in [4.78, 5) is 7.25. The summed E-state index contributed by atoms with van der Waals surface area (Å²) in [5.41, 5.74) is 2.90. The maximum absolute atomic E-state index is 13.5. The van der Waals surface area contributed by atoms with E-state index in [1.165, 1.54) is 17.4 Å². The molecule has 1 aliphatic heterocycles. The van der Waals surface area contributed by atoms with Crippen LogP contribution in [-0.4, -0.2) is 41.3 Å². The first-order chi connectivity index (χ1) is 15.4. The number of benzene rings is 2. The Labute approximate surface area is 191 Å². The van der Waals surface area contributed by atoms with E-state index in [0.29, 0.717) is 5.02 Å². The Morgan fingerprint density at radius 2 is 1.69 bits per heavy atom. The summed E-state index contributed by atoms with van der Waals surface area (Å²) >= 11 is 6.31. The minimum Gasteiger partial charge on any atom is -0.356 e. The number of hydrogen-bond donors (Lipinski definition) is 0. The van der Waals surface area contributed by atoms with Crippen LogP contribution in [0.25, 0.3) is 16.6 Å². The molecule has 0 bridgehead atoms. The highest BCUT2D eigenvalue weighted by molar-refractivity contribution is 7.91. The smallest absolute Gasteiger partial charge is 0.229 e. The van der Waals surface area contributed by atoms with Crippen LogP contribution in [0.2, 0.25) is 5.02 Å². The van der Waals surface area contributed by atoms with Crippen molar-refractivity contribution in [2.75, 3.05) is 18.0 Å². The van der Waals surface area contributed by atoms with Gasteiger partial charge in [-0.15, -0.1) is 5.10 Å². The second kappa shape index (κ2) is 8.01. The molecule has 0 radical (unpaired) electrons. The molecule has 0 spiro atoms. The number of halogens is 1. The molecule has 0 saturated carbocycles. The Morgan fingerprint density at radius 3 is 2.41 bits per heavy atom. The molecule has 0 amide bonds. The Hall–Kier alpha value is -2.71. The maximum atomic E-state index is 13.5. The van der Waals surface area contributed by atoms with Crippen LogP contribution in [0.5, 0.6) is 0 Å². The lowest BCUT2D eigenvalue weighted by Crippen LogP contribution is -2.25. The third-order valence-electron chi connectivity index (χ3n) is 6.21. The quantitative estimate of drug-likeness (QED) is 0.430. The molecule has 3 heterocycles. The van der Waals surface area contributed by atoms with E-state index >= 15 is 0 Å². The Morgan fingerprint density at radius 1 is 0.938 bits per heavy atom. The fraction of sp³-hybridized carbons (Fsp3) is 0.348. The largest absolute Gasteiger partial charge is 0.356 e. The highest BCUT2D eigenvalue weighted by Gasteiger charge is 2.28. The zero-order chi connectivity index (χ0) is 22.5. The van der Waals surface area contributed by atoms with Crippen molar-refractivity contribution >= 4 is 43.8 Å². The van der Waals surface area contributed by atoms with Crippen molar-refractivity contribution in [2.45, 2.75) is 49.5 Å². The molecule has 9 heteroatoms. The lowest BCUT2D eigenvalue weighted by molar-refractivity contribution is 0.592. The van der Waals surface area contributed by atoms with E-state index in [0.717, 1.165) is 53.8 Å². The lowest BCUT2D eigenvalue weighted by atomic mass is 10.1. The predicted molar refractivity (Wildman–Crippen MR) is 125 cm³/mol. The van der Waals surface area contributed by atoms with Crippen molar-refractivity contribution in [3.05, 3.63) is 52.5 Å². The number of nitrogens with zero attached hydrogens (tertiary/aromatic N) is 5. The molecule has 1 fully saturated rings. The average molecular weight is 470 g/mol. The van der Waals surface area contributed by atoms with E-state index in [9.17, 15) is 8.42 Å². The van der Waals surface area contributed by atoms with Gasteiger partial charge in [0.1, 0.15) is 5.82 Å². The normalized spacial score (nSPS) is 15.4. The first kappa shape index (κ1) is 21.2. The summed E-state index contributed by atoms with van der Waals surface area (Å²) in [6.45, 7) is 5.58. The van der Waals surface area contributed by atoms with Gasteiger partial charge in [-0.05, 0) is 68.1 Å². The first-order valence-corrected chi connectivity index (χ1v) is 12.6. The van der Waals surface area contributed by atoms with Crippen LogP contribution in [0.4, 0.5) is 5.82 Å². The fourth-order valence-electron chi connectivity index (χ4n) is 4.24. The minimum atomic E-state index is -3.89. The summed E-state index contributed by atoms with van der Waals surface area (Å²) in [6.07, 6.45) is 4.50. The molecule has 7 nitrogen and oxygen atoms in total. The number of sulfone groups is 1. The molecule has 32 heavy (non-hydrogen) atoms. The number of rotatable bonds is 3. The highest BCUT2D eigenvalue weighted by atomic mass is 35.5. The molecule has 5 rings (SSSR count). The molecule has 0 atom stereocenters. The van der Waals surface area contributed by atoms with Crippen molar-refractivity contribution in [1.29, 1.82) is 0 Å². The molecule has 2 aromatic heterocycles. The van der Waals surface area contributed by atoms with Crippen molar-refractivity contribution < 1.29 is 8.42 Å². The fourth-order valence-corrected chi connectivity index (χ4v) is 5.73. The van der Waals surface area contributed by atoms with Crippen LogP contribution in [0.3, 0.4) is 0 Å². The van der Waals surface area contributed by atoms with E-state index < -0.39 is 9.84 Å². The summed E-state index contributed by atoms with van der Waals surface area (Å²) in [6, 6.07) is 10.6. The average Bonchev–Trinajstić information content (AvgIpc) is 3.02. The van der Waals surface area contributed by atoms with E-state index in [2.05, 4.69) is 15.2 Å². The third kappa shape index (κ3) is 3.51. The van der Waals surface area contributed by atoms with Gasteiger partial charge >= 0.3 is 0 Å². The molecule has 2 aromatic carbocycles. The van der Waals surface area contributed by atoms with Gasteiger partial charge < -0.3 is 4.90 Å². The third-order valence-corrected chi connectivity index (χ3v) is 8.09. The SMILES string of the molecule is Cc1ccc(S(=O)(=O)c2nnn3c2nc(N2CCCCCC2)c2cc(Cl)ccc23)cc1C. The molecule has 4 aromatic rings. The topological polar surface area (TPSA) is 80.5 Å². The number of fused-ring (bicyclic) bond motifs is 3. The van der Waals surface area contributed by atoms with Crippen molar-refractivity contribution in [2.24, 2.45) is 0 Å². The van der Waals surface area contributed by atoms with Crippen molar-refractivity contribution in [3.8, 4) is 0 Å². The van der Waals surface area contributed by atoms with Crippen LogP contribution in [0.15, 0.2) is 46.3 Å². The minimum absolute atomic E-state index is 0.131. The molecule has 1 aliphatic rings.